The summed E-state index contributed by atoms with van der Waals surface area (Å²) in [6.45, 7) is 8.05. The molecule has 1 atom stereocenters. The maximum absolute atomic E-state index is 12.5. The van der Waals surface area contributed by atoms with Crippen LogP contribution < -0.4 is 5.32 Å². The van der Waals surface area contributed by atoms with Gasteiger partial charge in [0, 0.05) is 22.2 Å². The van der Waals surface area contributed by atoms with E-state index >= 15 is 0 Å². The fourth-order valence-electron chi connectivity index (χ4n) is 2.98. The molecule has 0 fully saturated rings. The molecule has 2 aromatic carbocycles. The van der Waals surface area contributed by atoms with Crippen LogP contribution in [-0.2, 0) is 4.74 Å². The van der Waals surface area contributed by atoms with E-state index in [1.54, 1.807) is 60.1 Å². The molecule has 0 aliphatic heterocycles. The van der Waals surface area contributed by atoms with Crippen LogP contribution in [0.3, 0.4) is 0 Å². The number of carbonyl (C=O) groups is 2. The first-order valence-electron chi connectivity index (χ1n) is 10.3. The number of hydrogen-bond donors (Lipinski definition) is 1. The minimum absolute atomic E-state index is 0.0547. The van der Waals surface area contributed by atoms with Gasteiger partial charge in [-0.15, -0.1) is 0 Å². The number of ether oxygens (including phenoxy) is 1. The molecule has 0 saturated carbocycles. The zero-order valence-electron chi connectivity index (χ0n) is 18.4. The molecule has 0 spiro atoms. The maximum atomic E-state index is 12.5. The van der Waals surface area contributed by atoms with Crippen LogP contribution in [-0.4, -0.2) is 34.3 Å². The fourth-order valence-corrected chi connectivity index (χ4v) is 3.49. The molecule has 0 bridgehead atoms. The Balaban J connectivity index is 2.00. The largest absolute Gasteiger partial charge is 0.461 e. The standard InChI is InChI=1S/C24H25Cl2N3O3/c1-5-32-24(31)21-13-22(19-11-8-17(25)12-20(19)26)29(28-21)18-9-6-16(7-10-18)23(30)27-15(4)14(2)3/h6-15H,5H2,1-4H3,(H,27,30)/t15-/m0/s1. The molecule has 6 nitrogen and oxygen atoms in total. The molecule has 32 heavy (non-hydrogen) atoms. The SMILES string of the molecule is CCOC(=O)c1cc(-c2ccc(Cl)cc2Cl)n(-c2ccc(C(=O)N[C@@H](C)C(C)C)cc2)n1. The monoisotopic (exact) mass is 473 g/mol. The topological polar surface area (TPSA) is 73.2 Å². The van der Waals surface area contributed by atoms with Gasteiger partial charge in [-0.1, -0.05) is 37.0 Å². The molecule has 0 unspecified atom stereocenters. The van der Waals surface area contributed by atoms with Gasteiger partial charge >= 0.3 is 5.97 Å². The van der Waals surface area contributed by atoms with Gasteiger partial charge in [-0.05, 0) is 68.3 Å². The second-order valence-corrected chi connectivity index (χ2v) is 8.57. The van der Waals surface area contributed by atoms with E-state index in [0.29, 0.717) is 38.5 Å². The van der Waals surface area contributed by atoms with Crippen LogP contribution in [0.15, 0.2) is 48.5 Å². The number of carbonyl (C=O) groups excluding carboxylic acids is 2. The van der Waals surface area contributed by atoms with Crippen LogP contribution in [0.25, 0.3) is 16.9 Å². The number of esters is 1. The Hall–Kier alpha value is -2.83. The third-order valence-electron chi connectivity index (χ3n) is 5.13. The van der Waals surface area contributed by atoms with E-state index in [-0.39, 0.29) is 24.2 Å². The first-order valence-corrected chi connectivity index (χ1v) is 11.1. The van der Waals surface area contributed by atoms with E-state index in [0.717, 1.165) is 0 Å². The average molecular weight is 474 g/mol. The lowest BCUT2D eigenvalue weighted by Gasteiger charge is -2.17. The number of nitrogens with one attached hydrogen (secondary N) is 1. The molecular weight excluding hydrogens is 449 g/mol. The van der Waals surface area contributed by atoms with E-state index in [1.165, 1.54) is 0 Å². The molecule has 0 radical (unpaired) electrons. The van der Waals surface area contributed by atoms with Gasteiger partial charge in [0.25, 0.3) is 5.91 Å². The van der Waals surface area contributed by atoms with Gasteiger partial charge in [-0.25, -0.2) is 9.48 Å². The summed E-state index contributed by atoms with van der Waals surface area (Å²) < 4.78 is 6.70. The van der Waals surface area contributed by atoms with Crippen molar-refractivity contribution in [2.24, 2.45) is 5.92 Å². The van der Waals surface area contributed by atoms with Crippen LogP contribution in [0.4, 0.5) is 0 Å². The Labute approximate surface area is 197 Å². The molecule has 3 aromatic rings. The number of halogens is 2. The molecular formula is C24H25Cl2N3O3. The summed E-state index contributed by atoms with van der Waals surface area (Å²) in [7, 11) is 0. The van der Waals surface area contributed by atoms with Crippen molar-refractivity contribution in [2.75, 3.05) is 6.61 Å². The van der Waals surface area contributed by atoms with Gasteiger partial charge in [-0.2, -0.15) is 5.10 Å². The minimum Gasteiger partial charge on any atom is -0.461 e. The first kappa shape index (κ1) is 23.8. The van der Waals surface area contributed by atoms with Crippen molar-refractivity contribution in [3.63, 3.8) is 0 Å². The van der Waals surface area contributed by atoms with Gasteiger partial charge in [-0.3, -0.25) is 4.79 Å². The molecule has 1 amide bonds. The summed E-state index contributed by atoms with van der Waals surface area (Å²) in [5.74, 6) is -0.349. The number of hydrogen-bond acceptors (Lipinski definition) is 4. The predicted octanol–water partition coefficient (Wildman–Crippen LogP) is 5.80. The third-order valence-corrected chi connectivity index (χ3v) is 5.68. The Morgan fingerprint density at radius 1 is 1.06 bits per heavy atom. The van der Waals surface area contributed by atoms with Crippen LogP contribution in [0, 0.1) is 5.92 Å². The van der Waals surface area contributed by atoms with Crippen molar-refractivity contribution in [2.45, 2.75) is 33.7 Å². The van der Waals surface area contributed by atoms with Gasteiger partial charge in [0.1, 0.15) is 0 Å². The molecule has 0 saturated heterocycles. The van der Waals surface area contributed by atoms with Crippen LogP contribution >= 0.6 is 23.2 Å². The minimum atomic E-state index is -0.531. The lowest BCUT2D eigenvalue weighted by molar-refractivity contribution is 0.0518. The summed E-state index contributed by atoms with van der Waals surface area (Å²) in [6.07, 6.45) is 0. The highest BCUT2D eigenvalue weighted by Gasteiger charge is 2.20. The number of nitrogens with zero attached hydrogens (tertiary/aromatic N) is 2. The highest BCUT2D eigenvalue weighted by Crippen LogP contribution is 2.32. The lowest BCUT2D eigenvalue weighted by Crippen LogP contribution is -2.36. The summed E-state index contributed by atoms with van der Waals surface area (Å²) >= 11 is 12.5. The zero-order chi connectivity index (χ0) is 23.4. The van der Waals surface area contributed by atoms with Gasteiger partial charge in [0.2, 0.25) is 0 Å². The molecule has 1 aromatic heterocycles. The van der Waals surface area contributed by atoms with Crippen molar-refractivity contribution in [3.8, 4) is 16.9 Å². The summed E-state index contributed by atoms with van der Waals surface area (Å²) in [5.41, 5.74) is 2.60. The van der Waals surface area contributed by atoms with Crippen molar-refractivity contribution in [1.29, 1.82) is 0 Å². The Morgan fingerprint density at radius 2 is 1.75 bits per heavy atom. The molecule has 8 heteroatoms. The van der Waals surface area contributed by atoms with E-state index < -0.39 is 5.97 Å². The second-order valence-electron chi connectivity index (χ2n) is 7.72. The fraction of sp³-hybridized carbons (Fsp3) is 0.292. The van der Waals surface area contributed by atoms with E-state index in [4.69, 9.17) is 27.9 Å². The van der Waals surface area contributed by atoms with Crippen molar-refractivity contribution in [1.82, 2.24) is 15.1 Å². The van der Waals surface area contributed by atoms with Gasteiger partial charge < -0.3 is 10.1 Å². The van der Waals surface area contributed by atoms with Crippen molar-refractivity contribution in [3.05, 3.63) is 69.8 Å². The number of rotatable bonds is 7. The first-order chi connectivity index (χ1) is 15.2. The van der Waals surface area contributed by atoms with Crippen LogP contribution in [0.1, 0.15) is 48.5 Å². The lowest BCUT2D eigenvalue weighted by atomic mass is 10.1. The van der Waals surface area contributed by atoms with E-state index in [2.05, 4.69) is 24.3 Å². The normalized spacial score (nSPS) is 12.0. The second kappa shape index (κ2) is 10.2. The Morgan fingerprint density at radius 3 is 2.34 bits per heavy atom. The highest BCUT2D eigenvalue weighted by molar-refractivity contribution is 6.36. The summed E-state index contributed by atoms with van der Waals surface area (Å²) in [6, 6.07) is 13.8. The Bertz CT molecular complexity index is 1120. The molecule has 0 aliphatic rings. The molecule has 1 N–H and O–H groups in total. The summed E-state index contributed by atoms with van der Waals surface area (Å²) in [4.78, 5) is 24.8. The molecule has 3 rings (SSSR count). The van der Waals surface area contributed by atoms with Crippen LogP contribution in [0.5, 0.6) is 0 Å². The average Bonchev–Trinajstić information content (AvgIpc) is 3.19. The molecule has 1 heterocycles. The van der Waals surface area contributed by atoms with Crippen LogP contribution in [0.2, 0.25) is 10.0 Å². The predicted molar refractivity (Wildman–Crippen MR) is 127 cm³/mol. The molecule has 0 aliphatic carbocycles. The quantitative estimate of drug-likeness (QED) is 0.440. The maximum Gasteiger partial charge on any atom is 0.358 e. The smallest absolute Gasteiger partial charge is 0.358 e. The summed E-state index contributed by atoms with van der Waals surface area (Å²) in [5, 5.41) is 8.35. The van der Waals surface area contributed by atoms with Crippen molar-refractivity contribution >= 4 is 35.1 Å². The van der Waals surface area contributed by atoms with E-state index in [1.807, 2.05) is 6.92 Å². The Kier molecular flexibility index (Phi) is 7.59. The van der Waals surface area contributed by atoms with Crippen molar-refractivity contribution < 1.29 is 14.3 Å². The molecule has 168 valence electrons. The van der Waals surface area contributed by atoms with Gasteiger partial charge in [0.15, 0.2) is 5.69 Å². The number of benzene rings is 2. The van der Waals surface area contributed by atoms with Gasteiger partial charge in [0.05, 0.1) is 23.0 Å². The highest BCUT2D eigenvalue weighted by atomic mass is 35.5. The third kappa shape index (κ3) is 5.31. The zero-order valence-corrected chi connectivity index (χ0v) is 19.9. The number of aromatic nitrogens is 2. The number of amides is 1. The van der Waals surface area contributed by atoms with E-state index in [9.17, 15) is 9.59 Å².